The number of Topliss-reactive ketones (excluding diaryl/α,β-unsaturated/α-hetero) is 1. The lowest BCUT2D eigenvalue weighted by atomic mass is 9.90. The largest absolute Gasteiger partial charge is 0.416 e. The van der Waals surface area contributed by atoms with Crippen LogP contribution in [0.15, 0.2) is 29.2 Å². The third-order valence-corrected chi connectivity index (χ3v) is 7.49. The second-order valence-corrected chi connectivity index (χ2v) is 9.21. The lowest BCUT2D eigenvalue weighted by Gasteiger charge is -2.31. The van der Waals surface area contributed by atoms with E-state index in [1.165, 1.54) is 30.8 Å². The molecule has 0 N–H and O–H groups in total. The van der Waals surface area contributed by atoms with Crippen molar-refractivity contribution in [1.29, 1.82) is 0 Å². The Hall–Kier alpha value is -1.91. The van der Waals surface area contributed by atoms with Gasteiger partial charge in [0.05, 0.1) is 11.3 Å². The Morgan fingerprint density at radius 2 is 2.00 bits per heavy atom. The van der Waals surface area contributed by atoms with Crippen LogP contribution in [-0.2, 0) is 23.2 Å². The van der Waals surface area contributed by atoms with Gasteiger partial charge in [-0.3, -0.25) is 9.48 Å². The van der Waals surface area contributed by atoms with E-state index in [0.29, 0.717) is 12.8 Å². The van der Waals surface area contributed by atoms with Gasteiger partial charge in [0.25, 0.3) is 0 Å². The number of ketones is 1. The first-order chi connectivity index (χ1) is 13.4. The van der Waals surface area contributed by atoms with E-state index in [1.807, 2.05) is 0 Å². The molecule has 0 saturated carbocycles. The van der Waals surface area contributed by atoms with Gasteiger partial charge in [0.15, 0.2) is 5.78 Å². The molecule has 1 aliphatic heterocycles. The van der Waals surface area contributed by atoms with Gasteiger partial charge in [-0.15, -0.1) is 0 Å². The molecule has 0 unspecified atom stereocenters. The fraction of sp³-hybridized carbons (Fsp3) is 0.444. The number of rotatable bonds is 4. The Balaban J connectivity index is 1.87. The van der Waals surface area contributed by atoms with Crippen LogP contribution in [0.5, 0.6) is 0 Å². The predicted molar refractivity (Wildman–Crippen MR) is 100 cm³/mol. The van der Waals surface area contributed by atoms with Crippen molar-refractivity contribution in [3.8, 4) is 0 Å². The number of aromatic nitrogens is 2. The van der Waals surface area contributed by atoms with Gasteiger partial charge in [0.1, 0.15) is 10.0 Å². The number of hydrogen-bond donors (Lipinski definition) is 0. The van der Waals surface area contributed by atoms with Gasteiger partial charge in [0, 0.05) is 31.6 Å². The number of aryl methyl sites for hydroxylation is 2. The number of nitrogens with zero attached hydrogens (tertiary/aromatic N) is 3. The molecule has 2 heterocycles. The number of halogens is 4. The molecule has 1 aromatic heterocycles. The van der Waals surface area contributed by atoms with Gasteiger partial charge >= 0.3 is 6.18 Å². The zero-order valence-electron chi connectivity index (χ0n) is 15.7. The Morgan fingerprint density at radius 1 is 1.31 bits per heavy atom. The van der Waals surface area contributed by atoms with Crippen molar-refractivity contribution in [2.24, 2.45) is 13.0 Å². The van der Waals surface area contributed by atoms with Crippen LogP contribution in [0.3, 0.4) is 0 Å². The molecule has 0 bridgehead atoms. The van der Waals surface area contributed by atoms with Crippen LogP contribution in [-0.4, -0.2) is 41.4 Å². The maximum atomic E-state index is 13.1. The smallest absolute Gasteiger partial charge is 0.294 e. The van der Waals surface area contributed by atoms with Crippen LogP contribution in [0, 0.1) is 12.8 Å². The van der Waals surface area contributed by atoms with Crippen LogP contribution in [0.2, 0.25) is 5.15 Å². The highest BCUT2D eigenvalue weighted by Crippen LogP contribution is 2.33. The number of carbonyl (C=O) groups is 1. The molecule has 0 spiro atoms. The molecule has 1 aliphatic rings. The highest BCUT2D eigenvalue weighted by molar-refractivity contribution is 7.89. The molecule has 0 radical (unpaired) electrons. The second-order valence-electron chi connectivity index (χ2n) is 6.97. The van der Waals surface area contributed by atoms with Crippen LogP contribution in [0.1, 0.15) is 34.5 Å². The minimum absolute atomic E-state index is 0.0335. The van der Waals surface area contributed by atoms with Crippen molar-refractivity contribution >= 4 is 27.4 Å². The highest BCUT2D eigenvalue weighted by Gasteiger charge is 2.37. The molecule has 1 aromatic carbocycles. The average molecular weight is 450 g/mol. The fourth-order valence-corrected chi connectivity index (χ4v) is 5.72. The summed E-state index contributed by atoms with van der Waals surface area (Å²) in [4.78, 5) is 12.7. The van der Waals surface area contributed by atoms with E-state index in [4.69, 9.17) is 11.6 Å². The number of piperidine rings is 1. The zero-order valence-corrected chi connectivity index (χ0v) is 17.3. The van der Waals surface area contributed by atoms with Gasteiger partial charge < -0.3 is 0 Å². The molecule has 29 heavy (non-hydrogen) atoms. The molecule has 158 valence electrons. The molecule has 1 atom stereocenters. The van der Waals surface area contributed by atoms with Gasteiger partial charge in [0.2, 0.25) is 10.0 Å². The van der Waals surface area contributed by atoms with E-state index < -0.39 is 33.5 Å². The molecule has 0 aliphatic carbocycles. The number of alkyl halides is 3. The van der Waals surface area contributed by atoms with E-state index >= 15 is 0 Å². The molecular weight excluding hydrogens is 431 g/mol. The van der Waals surface area contributed by atoms with Crippen LogP contribution < -0.4 is 0 Å². The topological polar surface area (TPSA) is 72.3 Å². The molecule has 3 rings (SSSR count). The summed E-state index contributed by atoms with van der Waals surface area (Å²) in [6.07, 6.45) is -3.76. The molecule has 1 fully saturated rings. The van der Waals surface area contributed by atoms with Crippen molar-refractivity contribution in [3.05, 3.63) is 46.2 Å². The summed E-state index contributed by atoms with van der Waals surface area (Å²) in [6, 6.07) is 4.18. The third-order valence-electron chi connectivity index (χ3n) is 4.93. The van der Waals surface area contributed by atoms with Gasteiger partial charge in [-0.25, -0.2) is 8.42 Å². The van der Waals surface area contributed by atoms with E-state index in [0.717, 1.165) is 16.4 Å². The molecular formula is C18H19ClF3N3O3S. The summed E-state index contributed by atoms with van der Waals surface area (Å²) in [6.45, 7) is 1.59. The normalized spacial score (nSPS) is 18.8. The maximum Gasteiger partial charge on any atom is 0.416 e. The Bertz CT molecular complexity index is 1050. The van der Waals surface area contributed by atoms with Crippen LogP contribution in [0.25, 0.3) is 0 Å². The first-order valence-corrected chi connectivity index (χ1v) is 10.7. The standard InChI is InChI=1S/C18H19ClF3N3O3S/c1-11-16(17(19)24(2)23-11)29(27,28)25-8-4-6-13(10-25)15(26)12-5-3-7-14(9-12)18(20,21)22/h3,5,7,9,13H,4,6,8,10H2,1-2H3/t13-/m0/s1. The lowest BCUT2D eigenvalue weighted by Crippen LogP contribution is -2.42. The zero-order chi connectivity index (χ0) is 21.6. The van der Waals surface area contributed by atoms with Crippen LogP contribution in [0.4, 0.5) is 13.2 Å². The van der Waals surface area contributed by atoms with E-state index in [2.05, 4.69) is 5.10 Å². The summed E-state index contributed by atoms with van der Waals surface area (Å²) in [5.41, 5.74) is -0.759. The van der Waals surface area contributed by atoms with Crippen molar-refractivity contribution in [3.63, 3.8) is 0 Å². The quantitative estimate of drug-likeness (QED) is 0.667. The molecule has 2 aromatic rings. The highest BCUT2D eigenvalue weighted by atomic mass is 35.5. The fourth-order valence-electron chi connectivity index (χ4n) is 3.49. The average Bonchev–Trinajstić information content (AvgIpc) is 2.93. The molecule has 11 heteroatoms. The molecule has 0 amide bonds. The number of sulfonamides is 1. The van der Waals surface area contributed by atoms with Crippen molar-refractivity contribution in [2.75, 3.05) is 13.1 Å². The maximum absolute atomic E-state index is 13.1. The van der Waals surface area contributed by atoms with Crippen LogP contribution >= 0.6 is 11.6 Å². The SMILES string of the molecule is Cc1nn(C)c(Cl)c1S(=O)(=O)N1CCC[C@H](C(=O)c2cccc(C(F)(F)F)c2)C1. The number of benzene rings is 1. The van der Waals surface area contributed by atoms with Crippen molar-refractivity contribution in [1.82, 2.24) is 14.1 Å². The van der Waals surface area contributed by atoms with E-state index in [-0.39, 0.29) is 34.4 Å². The summed E-state index contributed by atoms with van der Waals surface area (Å²) < 4.78 is 67.3. The van der Waals surface area contributed by atoms with E-state index in [9.17, 15) is 26.4 Å². The molecule has 6 nitrogen and oxygen atoms in total. The molecule has 1 saturated heterocycles. The minimum atomic E-state index is -4.56. The van der Waals surface area contributed by atoms with Gasteiger partial charge in [-0.05, 0) is 31.9 Å². The predicted octanol–water partition coefficient (Wildman–Crippen LogP) is 3.68. The minimum Gasteiger partial charge on any atom is -0.294 e. The monoisotopic (exact) mass is 449 g/mol. The third kappa shape index (κ3) is 4.19. The summed E-state index contributed by atoms with van der Waals surface area (Å²) >= 11 is 6.09. The second kappa shape index (κ2) is 7.73. The van der Waals surface area contributed by atoms with Crippen molar-refractivity contribution in [2.45, 2.75) is 30.8 Å². The Kier molecular flexibility index (Phi) is 5.81. The summed E-state index contributed by atoms with van der Waals surface area (Å²) in [7, 11) is -2.48. The lowest BCUT2D eigenvalue weighted by molar-refractivity contribution is -0.137. The Morgan fingerprint density at radius 3 is 2.59 bits per heavy atom. The van der Waals surface area contributed by atoms with Gasteiger partial charge in [-0.2, -0.15) is 22.6 Å². The Labute approximate surface area is 171 Å². The first-order valence-electron chi connectivity index (χ1n) is 8.83. The van der Waals surface area contributed by atoms with Crippen molar-refractivity contribution < 1.29 is 26.4 Å². The van der Waals surface area contributed by atoms with Gasteiger partial charge in [-0.1, -0.05) is 23.7 Å². The summed E-state index contributed by atoms with van der Waals surface area (Å²) in [5.74, 6) is -1.25. The first kappa shape index (κ1) is 21.8. The number of hydrogen-bond acceptors (Lipinski definition) is 4. The number of carbonyl (C=O) groups excluding carboxylic acids is 1. The summed E-state index contributed by atoms with van der Waals surface area (Å²) in [5, 5.41) is 3.98. The van der Waals surface area contributed by atoms with E-state index in [1.54, 1.807) is 0 Å².